The fourth-order valence-electron chi connectivity index (χ4n) is 3.05. The predicted octanol–water partition coefficient (Wildman–Crippen LogP) is 4.01. The number of hydrogen-bond acceptors (Lipinski definition) is 4. The van der Waals surface area contributed by atoms with Gasteiger partial charge in [-0.1, -0.05) is 15.9 Å². The molecule has 0 bridgehead atoms. The molecule has 0 saturated carbocycles. The Morgan fingerprint density at radius 2 is 1.86 bits per heavy atom. The van der Waals surface area contributed by atoms with E-state index in [1.165, 1.54) is 30.5 Å². The SMILES string of the molecule is O=C(CCCN1C(=O)c2ccc(Br)cc2C1=O)N(Cc1ccco1)CC(F)(F)F. The van der Waals surface area contributed by atoms with Gasteiger partial charge in [0.05, 0.1) is 23.9 Å². The molecular formula is C19H16BrF3N2O4. The van der Waals surface area contributed by atoms with Gasteiger partial charge in [0.25, 0.3) is 11.8 Å². The van der Waals surface area contributed by atoms with Crippen LogP contribution in [0.15, 0.2) is 45.5 Å². The number of imide groups is 1. The number of hydrogen-bond donors (Lipinski definition) is 0. The van der Waals surface area contributed by atoms with E-state index in [0.29, 0.717) is 9.37 Å². The van der Waals surface area contributed by atoms with E-state index < -0.39 is 30.4 Å². The van der Waals surface area contributed by atoms with Gasteiger partial charge >= 0.3 is 6.18 Å². The van der Waals surface area contributed by atoms with Gasteiger partial charge in [0.15, 0.2) is 0 Å². The van der Waals surface area contributed by atoms with Gasteiger partial charge in [-0.3, -0.25) is 19.3 Å². The Bertz CT molecular complexity index is 928. The Hall–Kier alpha value is -2.62. The van der Waals surface area contributed by atoms with E-state index in [1.54, 1.807) is 6.07 Å². The van der Waals surface area contributed by atoms with Gasteiger partial charge in [0.2, 0.25) is 5.91 Å². The summed E-state index contributed by atoms with van der Waals surface area (Å²) < 4.78 is 44.1. The summed E-state index contributed by atoms with van der Waals surface area (Å²) in [7, 11) is 0. The molecule has 0 aliphatic carbocycles. The largest absolute Gasteiger partial charge is 0.467 e. The van der Waals surface area contributed by atoms with E-state index in [4.69, 9.17) is 4.42 Å². The molecule has 2 aromatic rings. The maximum Gasteiger partial charge on any atom is 0.406 e. The first-order chi connectivity index (χ1) is 13.7. The Kier molecular flexibility index (Phi) is 6.11. The highest BCUT2D eigenvalue weighted by molar-refractivity contribution is 9.10. The van der Waals surface area contributed by atoms with Gasteiger partial charge in [0.1, 0.15) is 12.3 Å². The molecule has 2 heterocycles. The van der Waals surface area contributed by atoms with Gasteiger partial charge < -0.3 is 9.32 Å². The number of alkyl halides is 3. The molecule has 0 spiro atoms. The van der Waals surface area contributed by atoms with Gasteiger partial charge in [-0.15, -0.1) is 0 Å². The van der Waals surface area contributed by atoms with Crippen molar-refractivity contribution in [1.82, 2.24) is 9.80 Å². The van der Waals surface area contributed by atoms with Crippen molar-refractivity contribution in [3.63, 3.8) is 0 Å². The number of benzene rings is 1. The average Bonchev–Trinajstić information content (AvgIpc) is 3.22. The monoisotopic (exact) mass is 472 g/mol. The number of fused-ring (bicyclic) bond motifs is 1. The van der Waals surface area contributed by atoms with Gasteiger partial charge in [-0.25, -0.2) is 0 Å². The van der Waals surface area contributed by atoms with E-state index in [9.17, 15) is 27.6 Å². The van der Waals surface area contributed by atoms with Crippen LogP contribution in [0.25, 0.3) is 0 Å². The lowest BCUT2D eigenvalue weighted by Crippen LogP contribution is -2.39. The first-order valence-corrected chi connectivity index (χ1v) is 9.47. The van der Waals surface area contributed by atoms with Crippen molar-refractivity contribution in [2.75, 3.05) is 13.1 Å². The number of furan rings is 1. The smallest absolute Gasteiger partial charge is 0.406 e. The Morgan fingerprint density at radius 3 is 2.52 bits per heavy atom. The topological polar surface area (TPSA) is 70.8 Å². The number of nitrogens with zero attached hydrogens (tertiary/aromatic N) is 2. The number of carbonyl (C=O) groups excluding carboxylic acids is 3. The van der Waals surface area contributed by atoms with Gasteiger partial charge in [0, 0.05) is 17.4 Å². The minimum Gasteiger partial charge on any atom is -0.467 e. The standard InChI is InChI=1S/C19H16BrF3N2O4/c20-12-5-6-14-15(9-12)18(28)25(17(14)27)7-1-4-16(26)24(11-19(21,22)23)10-13-3-2-8-29-13/h2-3,5-6,8-9H,1,4,7,10-11H2. The van der Waals surface area contributed by atoms with Crippen LogP contribution in [-0.2, 0) is 11.3 Å². The van der Waals surface area contributed by atoms with Crippen LogP contribution in [0.3, 0.4) is 0 Å². The summed E-state index contributed by atoms with van der Waals surface area (Å²) in [5, 5.41) is 0. The minimum absolute atomic E-state index is 0.0536. The second-order valence-corrected chi connectivity index (χ2v) is 7.42. The molecule has 1 aromatic carbocycles. The van der Waals surface area contributed by atoms with Crippen LogP contribution in [0.5, 0.6) is 0 Å². The molecular weight excluding hydrogens is 457 g/mol. The van der Waals surface area contributed by atoms with Crippen molar-refractivity contribution in [1.29, 1.82) is 0 Å². The molecule has 0 atom stereocenters. The summed E-state index contributed by atoms with van der Waals surface area (Å²) in [5.74, 6) is -1.47. The molecule has 1 aliphatic rings. The molecule has 154 valence electrons. The van der Waals surface area contributed by atoms with E-state index in [-0.39, 0.29) is 42.8 Å². The van der Waals surface area contributed by atoms with E-state index in [0.717, 1.165) is 4.90 Å². The third-order valence-electron chi connectivity index (χ3n) is 4.35. The third-order valence-corrected chi connectivity index (χ3v) is 4.85. The lowest BCUT2D eigenvalue weighted by atomic mass is 10.1. The maximum atomic E-state index is 12.8. The van der Waals surface area contributed by atoms with Crippen molar-refractivity contribution < 1.29 is 32.0 Å². The zero-order valence-electron chi connectivity index (χ0n) is 15.0. The highest BCUT2D eigenvalue weighted by Gasteiger charge is 2.36. The van der Waals surface area contributed by atoms with Crippen LogP contribution in [-0.4, -0.2) is 46.8 Å². The minimum atomic E-state index is -4.56. The summed E-state index contributed by atoms with van der Waals surface area (Å²) in [6, 6.07) is 7.70. The molecule has 1 aliphatic heterocycles. The fraction of sp³-hybridized carbons (Fsp3) is 0.316. The first-order valence-electron chi connectivity index (χ1n) is 8.68. The summed E-state index contributed by atoms with van der Waals surface area (Å²) in [5.41, 5.74) is 0.522. The van der Waals surface area contributed by atoms with Crippen LogP contribution in [0, 0.1) is 0 Å². The van der Waals surface area contributed by atoms with Crippen molar-refractivity contribution in [2.45, 2.75) is 25.6 Å². The highest BCUT2D eigenvalue weighted by atomic mass is 79.9. The molecule has 29 heavy (non-hydrogen) atoms. The number of carbonyl (C=O) groups is 3. The second-order valence-electron chi connectivity index (χ2n) is 6.50. The number of halogens is 4. The quantitative estimate of drug-likeness (QED) is 0.570. The fourth-order valence-corrected chi connectivity index (χ4v) is 3.41. The van der Waals surface area contributed by atoms with Gasteiger partial charge in [-0.2, -0.15) is 13.2 Å². The molecule has 0 fully saturated rings. The summed E-state index contributed by atoms with van der Waals surface area (Å²) in [6.45, 7) is -1.78. The van der Waals surface area contributed by atoms with Crippen molar-refractivity contribution in [3.8, 4) is 0 Å². The van der Waals surface area contributed by atoms with Crippen LogP contribution < -0.4 is 0 Å². The summed E-state index contributed by atoms with van der Waals surface area (Å²) in [6.07, 6.45) is -3.43. The van der Waals surface area contributed by atoms with Crippen molar-refractivity contribution in [3.05, 3.63) is 58.0 Å². The summed E-state index contributed by atoms with van der Waals surface area (Å²) in [4.78, 5) is 38.7. The molecule has 0 N–H and O–H groups in total. The van der Waals surface area contributed by atoms with Crippen LogP contribution >= 0.6 is 15.9 Å². The van der Waals surface area contributed by atoms with Crippen molar-refractivity contribution in [2.24, 2.45) is 0 Å². The average molecular weight is 473 g/mol. The van der Waals surface area contributed by atoms with Crippen LogP contribution in [0.2, 0.25) is 0 Å². The molecule has 3 rings (SSSR count). The predicted molar refractivity (Wildman–Crippen MR) is 98.9 cm³/mol. The number of amides is 3. The second kappa shape index (κ2) is 8.40. The Labute approximate surface area is 172 Å². The first kappa shape index (κ1) is 21.1. The maximum absolute atomic E-state index is 12.8. The van der Waals surface area contributed by atoms with Crippen LogP contribution in [0.1, 0.15) is 39.3 Å². The van der Waals surface area contributed by atoms with Crippen molar-refractivity contribution >= 4 is 33.7 Å². The van der Waals surface area contributed by atoms with E-state index >= 15 is 0 Å². The zero-order valence-corrected chi connectivity index (χ0v) is 16.6. The Morgan fingerprint density at radius 1 is 1.14 bits per heavy atom. The molecule has 3 amide bonds. The Balaban J connectivity index is 1.60. The lowest BCUT2D eigenvalue weighted by Gasteiger charge is -2.23. The third kappa shape index (κ3) is 5.06. The molecule has 10 heteroatoms. The lowest BCUT2D eigenvalue weighted by molar-refractivity contribution is -0.162. The molecule has 0 radical (unpaired) electrons. The molecule has 0 unspecified atom stereocenters. The van der Waals surface area contributed by atoms with E-state index in [2.05, 4.69) is 15.9 Å². The normalized spacial score (nSPS) is 13.7. The number of rotatable bonds is 7. The summed E-state index contributed by atoms with van der Waals surface area (Å²) >= 11 is 3.24. The van der Waals surface area contributed by atoms with E-state index in [1.807, 2.05) is 0 Å². The molecule has 6 nitrogen and oxygen atoms in total. The molecule has 1 aromatic heterocycles. The van der Waals surface area contributed by atoms with Gasteiger partial charge in [-0.05, 0) is 36.8 Å². The zero-order chi connectivity index (χ0) is 21.2. The van der Waals surface area contributed by atoms with Crippen LogP contribution in [0.4, 0.5) is 13.2 Å². The molecule has 0 saturated heterocycles. The highest BCUT2D eigenvalue weighted by Crippen LogP contribution is 2.26.